The molecule has 0 fully saturated rings. The largest absolute Gasteiger partial charge is 0.462 e. The number of carbonyl (C=O) groups excluding carboxylic acids is 2. The van der Waals surface area contributed by atoms with Crippen molar-refractivity contribution in [3.8, 4) is 11.3 Å². The molecule has 5 nitrogen and oxygen atoms in total. The first kappa shape index (κ1) is 24.2. The van der Waals surface area contributed by atoms with E-state index in [2.05, 4.69) is 12.2 Å². The van der Waals surface area contributed by atoms with Crippen LogP contribution in [0.5, 0.6) is 0 Å². The van der Waals surface area contributed by atoms with Gasteiger partial charge >= 0.3 is 5.97 Å². The molecule has 0 spiro atoms. The molecule has 0 saturated carbocycles. The Balaban J connectivity index is 1.61. The zero-order chi connectivity index (χ0) is 25.2. The number of pyridine rings is 1. The third-order valence-corrected chi connectivity index (χ3v) is 8.23. The van der Waals surface area contributed by atoms with Crippen LogP contribution in [0.1, 0.15) is 63.4 Å². The van der Waals surface area contributed by atoms with Gasteiger partial charge in [0, 0.05) is 15.8 Å². The summed E-state index contributed by atoms with van der Waals surface area (Å²) in [5.41, 5.74) is 5.45. The molecular weight excluding hydrogens is 468 g/mol. The Labute approximate surface area is 215 Å². The molecule has 1 amide bonds. The number of amides is 1. The molecule has 0 unspecified atom stereocenters. The fraction of sp³-hybridized carbons (Fsp3) is 0.300. The second kappa shape index (κ2) is 10.2. The highest BCUT2D eigenvalue weighted by Gasteiger charge is 2.30. The molecule has 2 aromatic heterocycles. The minimum absolute atomic E-state index is 0.237. The first-order valence-electron chi connectivity index (χ1n) is 12.6. The highest BCUT2D eigenvalue weighted by Crippen LogP contribution is 2.41. The Kier molecular flexibility index (Phi) is 6.88. The lowest BCUT2D eigenvalue weighted by Crippen LogP contribution is -2.18. The number of benzene rings is 2. The van der Waals surface area contributed by atoms with Crippen LogP contribution in [0.4, 0.5) is 5.00 Å². The maximum absolute atomic E-state index is 13.9. The quantitative estimate of drug-likeness (QED) is 0.285. The Bertz CT molecular complexity index is 1440. The number of para-hydroxylation sites is 1. The highest BCUT2D eigenvalue weighted by atomic mass is 32.1. The van der Waals surface area contributed by atoms with Crippen LogP contribution in [0.25, 0.3) is 22.2 Å². The molecule has 2 heterocycles. The van der Waals surface area contributed by atoms with Gasteiger partial charge in [-0.25, -0.2) is 9.78 Å². The number of aromatic nitrogens is 1. The molecule has 6 heteroatoms. The van der Waals surface area contributed by atoms with Gasteiger partial charge in [-0.05, 0) is 56.2 Å². The van der Waals surface area contributed by atoms with Crippen molar-refractivity contribution in [1.29, 1.82) is 0 Å². The average molecular weight is 499 g/mol. The van der Waals surface area contributed by atoms with Gasteiger partial charge in [0.15, 0.2) is 0 Å². The molecule has 2 aromatic carbocycles. The number of nitrogens with zero attached hydrogens (tertiary/aromatic N) is 1. The second-order valence-electron chi connectivity index (χ2n) is 9.24. The van der Waals surface area contributed by atoms with Crippen molar-refractivity contribution in [3.63, 3.8) is 0 Å². The van der Waals surface area contributed by atoms with Gasteiger partial charge in [0.1, 0.15) is 5.00 Å². The zero-order valence-electron chi connectivity index (χ0n) is 20.9. The predicted octanol–water partition coefficient (Wildman–Crippen LogP) is 7.22. The molecule has 1 atom stereocenters. The van der Waals surface area contributed by atoms with Gasteiger partial charge in [-0.2, -0.15) is 0 Å². The van der Waals surface area contributed by atoms with Gasteiger partial charge in [-0.1, -0.05) is 61.9 Å². The molecule has 1 N–H and O–H groups in total. The summed E-state index contributed by atoms with van der Waals surface area (Å²) in [6.45, 7) is 6.25. The number of nitrogens with one attached hydrogen (secondary N) is 1. The van der Waals surface area contributed by atoms with Crippen LogP contribution in [0.2, 0.25) is 0 Å². The molecule has 36 heavy (non-hydrogen) atoms. The average Bonchev–Trinajstić information content (AvgIpc) is 3.25. The molecule has 0 aliphatic heterocycles. The van der Waals surface area contributed by atoms with Crippen molar-refractivity contribution in [3.05, 3.63) is 81.7 Å². The van der Waals surface area contributed by atoms with Gasteiger partial charge in [-0.15, -0.1) is 11.3 Å². The monoisotopic (exact) mass is 498 g/mol. The van der Waals surface area contributed by atoms with Crippen molar-refractivity contribution < 1.29 is 14.3 Å². The minimum atomic E-state index is -0.360. The molecule has 1 aliphatic rings. The van der Waals surface area contributed by atoms with Gasteiger partial charge in [0.2, 0.25) is 0 Å². The molecule has 0 radical (unpaired) electrons. The van der Waals surface area contributed by atoms with E-state index in [1.807, 2.05) is 61.5 Å². The first-order valence-corrected chi connectivity index (χ1v) is 13.4. The minimum Gasteiger partial charge on any atom is -0.462 e. The van der Waals surface area contributed by atoms with Crippen LogP contribution < -0.4 is 5.32 Å². The zero-order valence-corrected chi connectivity index (χ0v) is 21.7. The Morgan fingerprint density at radius 1 is 1.06 bits per heavy atom. The van der Waals surface area contributed by atoms with E-state index in [0.29, 0.717) is 28.7 Å². The number of carbonyl (C=O) groups is 2. The number of fused-ring (bicyclic) bond motifs is 2. The molecule has 184 valence electrons. The second-order valence-corrected chi connectivity index (χ2v) is 10.3. The van der Waals surface area contributed by atoms with E-state index in [-0.39, 0.29) is 11.9 Å². The van der Waals surface area contributed by atoms with Gasteiger partial charge in [0.05, 0.1) is 28.9 Å². The van der Waals surface area contributed by atoms with Crippen LogP contribution in [-0.2, 0) is 17.6 Å². The molecule has 4 aromatic rings. The standard InChI is InChI=1S/C30H30N2O3S/c1-4-19-15-16-22-24(17-19)36-29(26(22)30(34)35-5-2)32-28(33)25-18(3)27(20-11-7-6-8-12-20)31-23-14-10-9-13-21(23)25/h6-14,19H,4-5,15-17H2,1-3H3,(H,32,33)/t19-/m1/s1. The maximum Gasteiger partial charge on any atom is 0.341 e. The van der Waals surface area contributed by atoms with E-state index in [0.717, 1.165) is 59.0 Å². The van der Waals surface area contributed by atoms with Crippen molar-refractivity contribution in [2.75, 3.05) is 11.9 Å². The highest BCUT2D eigenvalue weighted by molar-refractivity contribution is 7.17. The van der Waals surface area contributed by atoms with Crippen LogP contribution in [0.3, 0.4) is 0 Å². The van der Waals surface area contributed by atoms with E-state index in [1.165, 1.54) is 16.2 Å². The molecule has 0 saturated heterocycles. The molecule has 5 rings (SSSR count). The summed E-state index contributed by atoms with van der Waals surface area (Å²) >= 11 is 1.52. The van der Waals surface area contributed by atoms with Gasteiger partial charge in [-0.3, -0.25) is 4.79 Å². The fourth-order valence-electron chi connectivity index (χ4n) is 5.15. The fourth-order valence-corrected chi connectivity index (χ4v) is 6.50. The van der Waals surface area contributed by atoms with E-state index in [1.54, 1.807) is 6.92 Å². The summed E-state index contributed by atoms with van der Waals surface area (Å²) in [5.74, 6) is 0.00978. The third kappa shape index (κ3) is 4.42. The Hall–Kier alpha value is -3.51. The smallest absolute Gasteiger partial charge is 0.341 e. The van der Waals surface area contributed by atoms with Crippen LogP contribution in [0.15, 0.2) is 54.6 Å². The number of rotatable bonds is 6. The number of anilines is 1. The summed E-state index contributed by atoms with van der Waals surface area (Å²) < 4.78 is 5.41. The normalized spacial score (nSPS) is 14.9. The predicted molar refractivity (Wildman–Crippen MR) is 146 cm³/mol. The molecular formula is C30H30N2O3S. The van der Waals surface area contributed by atoms with E-state index >= 15 is 0 Å². The van der Waals surface area contributed by atoms with Crippen molar-refractivity contribution >= 4 is 39.1 Å². The van der Waals surface area contributed by atoms with Crippen molar-refractivity contribution in [2.45, 2.75) is 46.5 Å². The Morgan fingerprint density at radius 2 is 1.81 bits per heavy atom. The summed E-state index contributed by atoms with van der Waals surface area (Å²) in [4.78, 5) is 33.0. The summed E-state index contributed by atoms with van der Waals surface area (Å²) in [6.07, 6.45) is 3.94. The summed E-state index contributed by atoms with van der Waals surface area (Å²) in [7, 11) is 0. The lowest BCUT2D eigenvalue weighted by molar-refractivity contribution is 0.0526. The SMILES string of the molecule is CCOC(=O)c1c(NC(=O)c2c(C)c(-c3ccccc3)nc3ccccc23)sc2c1CC[C@@H](CC)C2. The number of esters is 1. The lowest BCUT2D eigenvalue weighted by Gasteiger charge is -2.21. The summed E-state index contributed by atoms with van der Waals surface area (Å²) in [5, 5.41) is 4.49. The molecule has 0 bridgehead atoms. The van der Waals surface area contributed by atoms with E-state index in [4.69, 9.17) is 9.72 Å². The topological polar surface area (TPSA) is 68.3 Å². The van der Waals surface area contributed by atoms with Gasteiger partial charge in [0.25, 0.3) is 5.91 Å². The van der Waals surface area contributed by atoms with Crippen molar-refractivity contribution in [2.24, 2.45) is 5.92 Å². The first-order chi connectivity index (χ1) is 17.5. The Morgan fingerprint density at radius 3 is 2.56 bits per heavy atom. The number of thiophene rings is 1. The maximum atomic E-state index is 13.9. The number of ether oxygens (including phenoxy) is 1. The van der Waals surface area contributed by atoms with Crippen molar-refractivity contribution in [1.82, 2.24) is 4.98 Å². The third-order valence-electron chi connectivity index (χ3n) is 7.06. The van der Waals surface area contributed by atoms with E-state index < -0.39 is 0 Å². The number of hydrogen-bond acceptors (Lipinski definition) is 5. The van der Waals surface area contributed by atoms with Crippen LogP contribution in [0, 0.1) is 12.8 Å². The van der Waals surface area contributed by atoms with E-state index in [9.17, 15) is 9.59 Å². The molecule has 1 aliphatic carbocycles. The lowest BCUT2D eigenvalue weighted by atomic mass is 9.85. The van der Waals surface area contributed by atoms with Crippen LogP contribution in [-0.4, -0.2) is 23.5 Å². The van der Waals surface area contributed by atoms with Crippen LogP contribution >= 0.6 is 11.3 Å². The summed E-state index contributed by atoms with van der Waals surface area (Å²) in [6, 6.07) is 17.6. The van der Waals surface area contributed by atoms with Gasteiger partial charge < -0.3 is 10.1 Å². The number of hydrogen-bond donors (Lipinski definition) is 1.